The molecule has 10 heavy (non-hydrogen) atoms. The number of hydrogen-bond donors (Lipinski definition) is 0. The second-order valence-electron chi connectivity index (χ2n) is 1.57. The van der Waals surface area contributed by atoms with Gasteiger partial charge in [-0.1, -0.05) is 23.2 Å². The Morgan fingerprint density at radius 3 is 1.70 bits per heavy atom. The van der Waals surface area contributed by atoms with Crippen LogP contribution in [0.1, 0.15) is 13.8 Å². The molecular formula is C5H8Cl2O3. The smallest absolute Gasteiger partial charge is 0.415 e. The van der Waals surface area contributed by atoms with Gasteiger partial charge in [0.25, 0.3) is 0 Å². The molecule has 3 nitrogen and oxygen atoms in total. The van der Waals surface area contributed by atoms with Crippen molar-refractivity contribution in [2.45, 2.75) is 25.0 Å². The molecule has 0 heterocycles. The monoisotopic (exact) mass is 186 g/mol. The average Bonchev–Trinajstić information content (AvgIpc) is 1.58. The second-order valence-corrected chi connectivity index (χ2v) is 2.80. The van der Waals surface area contributed by atoms with Crippen LogP contribution >= 0.6 is 23.2 Å². The van der Waals surface area contributed by atoms with E-state index in [1.54, 1.807) is 0 Å². The standard InChI is InChI=1S/C5H8Cl2O3/c1-3(6)9-5(8)10-4(2)7/h3-4H,1-2H3/t3-,4-/m0/s1. The first-order valence-electron chi connectivity index (χ1n) is 2.67. The molecule has 0 aromatic heterocycles. The number of ether oxygens (including phenoxy) is 2. The molecule has 0 aromatic carbocycles. The molecule has 0 radical (unpaired) electrons. The Labute approximate surface area is 69.2 Å². The van der Waals surface area contributed by atoms with E-state index in [0.29, 0.717) is 0 Å². The third kappa shape index (κ3) is 5.98. The molecular weight excluding hydrogens is 179 g/mol. The lowest BCUT2D eigenvalue weighted by atomic mass is 10.8. The summed E-state index contributed by atoms with van der Waals surface area (Å²) in [5.41, 5.74) is -1.38. The zero-order valence-electron chi connectivity index (χ0n) is 5.64. The number of hydrogen-bond acceptors (Lipinski definition) is 3. The van der Waals surface area contributed by atoms with Crippen molar-refractivity contribution in [2.75, 3.05) is 0 Å². The van der Waals surface area contributed by atoms with Gasteiger partial charge in [-0.3, -0.25) is 0 Å². The Hall–Kier alpha value is -0.150. The molecule has 0 saturated heterocycles. The minimum absolute atomic E-state index is 0.692. The quantitative estimate of drug-likeness (QED) is 0.491. The fraction of sp³-hybridized carbons (Fsp3) is 0.800. The summed E-state index contributed by atoms with van der Waals surface area (Å²) < 4.78 is 8.76. The highest BCUT2D eigenvalue weighted by Crippen LogP contribution is 2.02. The van der Waals surface area contributed by atoms with Crippen LogP contribution < -0.4 is 0 Å². The molecule has 2 atom stereocenters. The first kappa shape index (κ1) is 9.85. The topological polar surface area (TPSA) is 35.5 Å². The zero-order valence-corrected chi connectivity index (χ0v) is 7.15. The predicted molar refractivity (Wildman–Crippen MR) is 38.2 cm³/mol. The average molecular weight is 187 g/mol. The van der Waals surface area contributed by atoms with E-state index in [1.165, 1.54) is 13.8 Å². The van der Waals surface area contributed by atoms with Gasteiger partial charge < -0.3 is 9.47 Å². The lowest BCUT2D eigenvalue weighted by Gasteiger charge is -2.07. The van der Waals surface area contributed by atoms with Crippen molar-refractivity contribution in [1.29, 1.82) is 0 Å². The summed E-state index contributed by atoms with van der Waals surface area (Å²) >= 11 is 10.6. The van der Waals surface area contributed by atoms with Gasteiger partial charge in [-0.05, 0) is 13.8 Å². The highest BCUT2D eigenvalue weighted by atomic mass is 35.5. The van der Waals surface area contributed by atoms with Gasteiger partial charge in [-0.2, -0.15) is 0 Å². The molecule has 0 aliphatic heterocycles. The molecule has 0 fully saturated rings. The number of carbonyl (C=O) groups excluding carboxylic acids is 1. The van der Waals surface area contributed by atoms with Gasteiger partial charge in [0.05, 0.1) is 0 Å². The van der Waals surface area contributed by atoms with Crippen molar-refractivity contribution in [3.8, 4) is 0 Å². The number of halogens is 2. The summed E-state index contributed by atoms with van der Waals surface area (Å²) in [4.78, 5) is 10.5. The van der Waals surface area contributed by atoms with Crippen molar-refractivity contribution in [3.05, 3.63) is 0 Å². The van der Waals surface area contributed by atoms with Crippen LogP contribution in [-0.2, 0) is 9.47 Å². The fourth-order valence-corrected chi connectivity index (χ4v) is 0.438. The Bertz CT molecular complexity index is 101. The maximum atomic E-state index is 10.5. The van der Waals surface area contributed by atoms with E-state index in [1.807, 2.05) is 0 Å². The normalized spacial score (nSPS) is 15.6. The van der Waals surface area contributed by atoms with Gasteiger partial charge in [0, 0.05) is 0 Å². The summed E-state index contributed by atoms with van der Waals surface area (Å²) in [6.45, 7) is 3.00. The molecule has 0 aliphatic rings. The summed E-state index contributed by atoms with van der Waals surface area (Å²) in [5, 5.41) is 0. The molecule has 0 N–H and O–H groups in total. The molecule has 0 rings (SSSR count). The van der Waals surface area contributed by atoms with Crippen LogP contribution in [0.15, 0.2) is 0 Å². The van der Waals surface area contributed by atoms with Gasteiger partial charge in [0.2, 0.25) is 0 Å². The Morgan fingerprint density at radius 1 is 1.20 bits per heavy atom. The minimum atomic E-state index is -0.856. The van der Waals surface area contributed by atoms with Crippen LogP contribution in [0.25, 0.3) is 0 Å². The number of alkyl halides is 2. The number of carbonyl (C=O) groups is 1. The van der Waals surface area contributed by atoms with E-state index in [0.717, 1.165) is 0 Å². The number of rotatable bonds is 2. The molecule has 60 valence electrons. The largest absolute Gasteiger partial charge is 0.511 e. The van der Waals surface area contributed by atoms with Crippen molar-refractivity contribution in [1.82, 2.24) is 0 Å². The van der Waals surface area contributed by atoms with Gasteiger partial charge in [-0.25, -0.2) is 4.79 Å². The molecule has 0 saturated carbocycles. The van der Waals surface area contributed by atoms with E-state index in [9.17, 15) is 4.79 Å². The van der Waals surface area contributed by atoms with Crippen molar-refractivity contribution < 1.29 is 14.3 Å². The van der Waals surface area contributed by atoms with Crippen LogP contribution in [0.4, 0.5) is 4.79 Å². The van der Waals surface area contributed by atoms with Gasteiger partial charge in [0.1, 0.15) is 0 Å². The van der Waals surface area contributed by atoms with E-state index >= 15 is 0 Å². The molecule has 0 spiro atoms. The third-order valence-corrected chi connectivity index (χ3v) is 0.695. The Morgan fingerprint density at radius 2 is 1.50 bits per heavy atom. The molecule has 0 amide bonds. The van der Waals surface area contributed by atoms with Gasteiger partial charge in [0.15, 0.2) is 11.1 Å². The summed E-state index contributed by atoms with van der Waals surface area (Å²) in [7, 11) is 0. The Kier molecular flexibility index (Phi) is 4.56. The van der Waals surface area contributed by atoms with Crippen LogP contribution in [0.5, 0.6) is 0 Å². The summed E-state index contributed by atoms with van der Waals surface area (Å²) in [6, 6.07) is 0. The lowest BCUT2D eigenvalue weighted by Crippen LogP contribution is -2.14. The van der Waals surface area contributed by atoms with Gasteiger partial charge >= 0.3 is 6.16 Å². The second kappa shape index (κ2) is 4.63. The molecule has 0 unspecified atom stereocenters. The van der Waals surface area contributed by atoms with E-state index in [4.69, 9.17) is 23.2 Å². The van der Waals surface area contributed by atoms with Crippen molar-refractivity contribution in [3.63, 3.8) is 0 Å². The third-order valence-electron chi connectivity index (χ3n) is 0.517. The molecule has 5 heteroatoms. The molecule has 0 aromatic rings. The SMILES string of the molecule is C[C@@H](Cl)OC(=O)O[C@@H](C)Cl. The summed E-state index contributed by atoms with van der Waals surface area (Å²) in [6.07, 6.45) is -0.856. The van der Waals surface area contributed by atoms with Crippen molar-refractivity contribution in [2.24, 2.45) is 0 Å². The predicted octanol–water partition coefficient (Wildman–Crippen LogP) is 2.31. The maximum Gasteiger partial charge on any atom is 0.511 e. The fourth-order valence-electron chi connectivity index (χ4n) is 0.293. The molecule has 0 bridgehead atoms. The first-order chi connectivity index (χ1) is 4.52. The Balaban J connectivity index is 3.44. The minimum Gasteiger partial charge on any atom is -0.415 e. The van der Waals surface area contributed by atoms with E-state index < -0.39 is 17.3 Å². The van der Waals surface area contributed by atoms with Crippen LogP contribution in [0.3, 0.4) is 0 Å². The van der Waals surface area contributed by atoms with E-state index in [-0.39, 0.29) is 0 Å². The highest BCUT2D eigenvalue weighted by Gasteiger charge is 2.09. The molecule has 0 aliphatic carbocycles. The van der Waals surface area contributed by atoms with E-state index in [2.05, 4.69) is 9.47 Å². The van der Waals surface area contributed by atoms with Crippen LogP contribution in [0.2, 0.25) is 0 Å². The highest BCUT2D eigenvalue weighted by molar-refractivity contribution is 6.20. The van der Waals surface area contributed by atoms with Gasteiger partial charge in [-0.15, -0.1) is 0 Å². The summed E-state index contributed by atoms with van der Waals surface area (Å²) in [5.74, 6) is 0. The zero-order chi connectivity index (χ0) is 8.15. The van der Waals surface area contributed by atoms with Crippen LogP contribution in [0, 0.1) is 0 Å². The van der Waals surface area contributed by atoms with Crippen molar-refractivity contribution >= 4 is 29.4 Å². The first-order valence-corrected chi connectivity index (χ1v) is 3.55. The van der Waals surface area contributed by atoms with Crippen LogP contribution in [-0.4, -0.2) is 17.3 Å². The lowest BCUT2D eigenvalue weighted by molar-refractivity contribution is 0.0444. The maximum absolute atomic E-state index is 10.5.